The Morgan fingerprint density at radius 3 is 2.65 bits per heavy atom. The van der Waals surface area contributed by atoms with Gasteiger partial charge in [0.05, 0.1) is 7.11 Å². The van der Waals surface area contributed by atoms with E-state index in [1.54, 1.807) is 4.72 Å². The number of rotatable bonds is 6. The molecule has 140 valence electrons. The van der Waals surface area contributed by atoms with Crippen molar-refractivity contribution in [2.24, 2.45) is 0 Å². The van der Waals surface area contributed by atoms with Gasteiger partial charge in [-0.3, -0.25) is 5.32 Å². The molecular formula is C13H11ClF2N4O4S2. The molecule has 2 amide bonds. The molecular weight excluding hydrogens is 414 g/mol. The fraction of sp³-hybridized carbons (Fsp3) is 0.154. The van der Waals surface area contributed by atoms with Gasteiger partial charge in [-0.25, -0.2) is 22.9 Å². The highest BCUT2D eigenvalue weighted by Crippen LogP contribution is 2.30. The third-order valence-corrected chi connectivity index (χ3v) is 5.19. The number of ether oxygens (including phenoxy) is 1. The summed E-state index contributed by atoms with van der Waals surface area (Å²) in [6.07, 6.45) is 0. The first kappa shape index (κ1) is 20.1. The number of methoxy groups -OCH3 is 1. The molecule has 0 aliphatic carbocycles. The molecule has 0 atom stereocenters. The van der Waals surface area contributed by atoms with E-state index in [0.717, 1.165) is 6.07 Å². The van der Waals surface area contributed by atoms with Crippen LogP contribution >= 0.6 is 23.4 Å². The Bertz CT molecular complexity index is 915. The number of aromatic nitrogens is 2. The summed E-state index contributed by atoms with van der Waals surface area (Å²) >= 11 is 5.76. The molecule has 0 fully saturated rings. The van der Waals surface area contributed by atoms with Crippen LogP contribution in [0, 0.1) is 0 Å². The molecule has 0 aliphatic heterocycles. The van der Waals surface area contributed by atoms with E-state index in [9.17, 15) is 22.0 Å². The standard InChI is InChI=1S/C13H11ClF2N4O4S2/c1-24-10-6-9(14)17-12(18-10)19-13(21)20-26(22,23)8-5-3-2-4-7(8)25-11(15)16/h2-6,11H,1H3,(H2,17,18,19,20,21). The van der Waals surface area contributed by atoms with E-state index in [-0.39, 0.29) is 33.6 Å². The van der Waals surface area contributed by atoms with Gasteiger partial charge in [0.2, 0.25) is 11.8 Å². The molecule has 8 nitrogen and oxygen atoms in total. The van der Waals surface area contributed by atoms with E-state index in [1.807, 2.05) is 0 Å². The maximum atomic E-state index is 12.6. The van der Waals surface area contributed by atoms with Crippen LogP contribution in [0.2, 0.25) is 5.15 Å². The van der Waals surface area contributed by atoms with Crippen LogP contribution in [0.1, 0.15) is 0 Å². The van der Waals surface area contributed by atoms with Gasteiger partial charge in [0.25, 0.3) is 15.8 Å². The number of benzene rings is 1. The van der Waals surface area contributed by atoms with Crippen molar-refractivity contribution < 1.29 is 26.7 Å². The molecule has 0 spiro atoms. The van der Waals surface area contributed by atoms with E-state index in [4.69, 9.17) is 16.3 Å². The van der Waals surface area contributed by atoms with Gasteiger partial charge in [-0.2, -0.15) is 13.8 Å². The second-order valence-corrected chi connectivity index (χ2v) is 7.51. The zero-order chi connectivity index (χ0) is 19.3. The van der Waals surface area contributed by atoms with E-state index >= 15 is 0 Å². The monoisotopic (exact) mass is 424 g/mol. The maximum absolute atomic E-state index is 12.6. The molecule has 2 N–H and O–H groups in total. The zero-order valence-electron chi connectivity index (χ0n) is 12.9. The summed E-state index contributed by atoms with van der Waals surface area (Å²) in [6.45, 7) is 0. The number of anilines is 1. The number of alkyl halides is 2. The van der Waals surface area contributed by atoms with Gasteiger partial charge in [0.15, 0.2) is 0 Å². The molecule has 0 saturated carbocycles. The summed E-state index contributed by atoms with van der Waals surface area (Å²) in [5.41, 5.74) is 0. The van der Waals surface area contributed by atoms with Gasteiger partial charge in [0, 0.05) is 11.0 Å². The predicted octanol–water partition coefficient (Wildman–Crippen LogP) is 2.96. The van der Waals surface area contributed by atoms with Crippen LogP contribution in [0.4, 0.5) is 19.5 Å². The van der Waals surface area contributed by atoms with E-state index in [2.05, 4.69) is 15.3 Å². The van der Waals surface area contributed by atoms with Crippen molar-refractivity contribution in [2.75, 3.05) is 12.4 Å². The van der Waals surface area contributed by atoms with E-state index in [0.29, 0.717) is 0 Å². The summed E-state index contributed by atoms with van der Waals surface area (Å²) in [5, 5.41) is 2.03. The first-order valence-corrected chi connectivity index (χ1v) is 9.41. The minimum absolute atomic E-state index is 0.0434. The summed E-state index contributed by atoms with van der Waals surface area (Å²) in [6, 6.07) is 5.11. The molecule has 1 heterocycles. The van der Waals surface area contributed by atoms with Crippen molar-refractivity contribution in [3.05, 3.63) is 35.5 Å². The Morgan fingerprint density at radius 1 is 1.31 bits per heavy atom. The van der Waals surface area contributed by atoms with Crippen molar-refractivity contribution in [3.8, 4) is 5.88 Å². The summed E-state index contributed by atoms with van der Waals surface area (Å²) in [4.78, 5) is 18.7. The smallest absolute Gasteiger partial charge is 0.335 e. The highest BCUT2D eigenvalue weighted by molar-refractivity contribution is 8.00. The molecule has 26 heavy (non-hydrogen) atoms. The Morgan fingerprint density at radius 2 is 2.00 bits per heavy atom. The molecule has 0 radical (unpaired) electrons. The Kier molecular flexibility index (Phi) is 6.56. The lowest BCUT2D eigenvalue weighted by Crippen LogP contribution is -2.35. The van der Waals surface area contributed by atoms with Gasteiger partial charge in [-0.05, 0) is 12.1 Å². The lowest BCUT2D eigenvalue weighted by molar-refractivity contribution is 0.252. The minimum atomic E-state index is -4.42. The lowest BCUT2D eigenvalue weighted by Gasteiger charge is -2.11. The van der Waals surface area contributed by atoms with Crippen molar-refractivity contribution in [2.45, 2.75) is 15.5 Å². The molecule has 1 aromatic carbocycles. The second-order valence-electron chi connectivity index (χ2n) is 4.44. The first-order valence-electron chi connectivity index (χ1n) is 6.67. The van der Waals surface area contributed by atoms with Crippen LogP contribution < -0.4 is 14.8 Å². The third kappa shape index (κ3) is 5.41. The quantitative estimate of drug-likeness (QED) is 0.541. The number of thioether (sulfide) groups is 1. The van der Waals surface area contributed by atoms with Crippen LogP contribution in [-0.4, -0.2) is 37.3 Å². The topological polar surface area (TPSA) is 110 Å². The van der Waals surface area contributed by atoms with Gasteiger partial charge >= 0.3 is 6.03 Å². The maximum Gasteiger partial charge on any atom is 0.335 e. The first-order chi connectivity index (χ1) is 12.2. The third-order valence-electron chi connectivity index (χ3n) is 2.69. The number of halogens is 3. The molecule has 2 rings (SSSR count). The number of hydrogen-bond acceptors (Lipinski definition) is 7. The Balaban J connectivity index is 2.19. The molecule has 0 saturated heterocycles. The highest BCUT2D eigenvalue weighted by atomic mass is 35.5. The zero-order valence-corrected chi connectivity index (χ0v) is 15.3. The van der Waals surface area contributed by atoms with Crippen molar-refractivity contribution >= 4 is 45.4 Å². The number of urea groups is 1. The number of nitrogens with zero attached hydrogens (tertiary/aromatic N) is 2. The summed E-state index contributed by atoms with van der Waals surface area (Å²) < 4.78 is 56.3. The number of sulfonamides is 1. The number of nitrogens with one attached hydrogen (secondary N) is 2. The van der Waals surface area contributed by atoms with Gasteiger partial charge in [0.1, 0.15) is 10.0 Å². The minimum Gasteiger partial charge on any atom is -0.481 e. The van der Waals surface area contributed by atoms with Crippen LogP contribution in [0.5, 0.6) is 5.88 Å². The van der Waals surface area contributed by atoms with Gasteiger partial charge in [-0.15, -0.1) is 0 Å². The molecule has 0 aliphatic rings. The van der Waals surface area contributed by atoms with Crippen LogP contribution in [-0.2, 0) is 10.0 Å². The SMILES string of the molecule is COc1cc(Cl)nc(NC(=O)NS(=O)(=O)c2ccccc2SC(F)F)n1. The predicted molar refractivity (Wildman–Crippen MR) is 91.2 cm³/mol. The van der Waals surface area contributed by atoms with Crippen molar-refractivity contribution in [1.82, 2.24) is 14.7 Å². The average molecular weight is 425 g/mol. The van der Waals surface area contributed by atoms with Crippen molar-refractivity contribution in [1.29, 1.82) is 0 Å². The summed E-state index contributed by atoms with van der Waals surface area (Å²) in [5.74, 6) is -3.09. The van der Waals surface area contributed by atoms with Crippen LogP contribution in [0.3, 0.4) is 0 Å². The molecule has 0 unspecified atom stereocenters. The number of amides is 2. The van der Waals surface area contributed by atoms with Gasteiger partial charge < -0.3 is 4.74 Å². The van der Waals surface area contributed by atoms with Crippen molar-refractivity contribution in [3.63, 3.8) is 0 Å². The molecule has 1 aromatic heterocycles. The van der Waals surface area contributed by atoms with E-state index < -0.39 is 26.7 Å². The number of carbonyl (C=O) groups is 1. The fourth-order valence-electron chi connectivity index (χ4n) is 1.73. The normalized spacial score (nSPS) is 11.3. The molecule has 13 heteroatoms. The van der Waals surface area contributed by atoms with E-state index in [1.165, 1.54) is 31.4 Å². The Hall–Kier alpha value is -2.18. The van der Waals surface area contributed by atoms with Gasteiger partial charge in [-0.1, -0.05) is 35.5 Å². The lowest BCUT2D eigenvalue weighted by atomic mass is 10.4. The highest BCUT2D eigenvalue weighted by Gasteiger charge is 2.23. The Labute approximate surface area is 156 Å². The molecule has 0 bridgehead atoms. The fourth-order valence-corrected chi connectivity index (χ4v) is 3.90. The summed E-state index contributed by atoms with van der Waals surface area (Å²) in [7, 11) is -3.11. The average Bonchev–Trinajstić information content (AvgIpc) is 2.53. The van der Waals surface area contributed by atoms with Crippen LogP contribution in [0.15, 0.2) is 40.1 Å². The number of carbonyl (C=O) groups excluding carboxylic acids is 1. The second kappa shape index (κ2) is 8.47. The number of hydrogen-bond donors (Lipinski definition) is 2. The van der Waals surface area contributed by atoms with Crippen LogP contribution in [0.25, 0.3) is 0 Å². The largest absolute Gasteiger partial charge is 0.481 e. The molecule has 2 aromatic rings.